The Hall–Kier alpha value is -2.24. The number of benzene rings is 1. The Morgan fingerprint density at radius 3 is 3.05 bits per heavy atom. The van der Waals surface area contributed by atoms with Gasteiger partial charge in [0.15, 0.2) is 5.82 Å². The summed E-state index contributed by atoms with van der Waals surface area (Å²) in [5.74, 6) is 0.818. The Kier molecular flexibility index (Phi) is 3.94. The van der Waals surface area contributed by atoms with E-state index in [4.69, 9.17) is 0 Å². The predicted octanol–water partition coefficient (Wildman–Crippen LogP) is 2.80. The molecule has 1 aromatic heterocycles. The number of nitrogens with one attached hydrogen (secondary N) is 1. The van der Waals surface area contributed by atoms with Gasteiger partial charge >= 0.3 is 0 Å². The zero-order valence-corrected chi connectivity index (χ0v) is 12.1. The molecule has 1 aromatic carbocycles. The van der Waals surface area contributed by atoms with E-state index in [2.05, 4.69) is 27.8 Å². The van der Waals surface area contributed by atoms with Crippen molar-refractivity contribution >= 4 is 11.6 Å². The molecule has 3 rings (SSSR count). The molecule has 1 aliphatic carbocycles. The SMILES string of the molecule is CCCCC(=O)Nc1cccc(-c2nnnn2C2CC2)c1. The molecule has 0 saturated heterocycles. The van der Waals surface area contributed by atoms with Crippen molar-refractivity contribution in [2.24, 2.45) is 0 Å². The molecule has 0 atom stereocenters. The van der Waals surface area contributed by atoms with Gasteiger partial charge in [-0.1, -0.05) is 25.5 Å². The summed E-state index contributed by atoms with van der Waals surface area (Å²) in [5, 5.41) is 14.9. The van der Waals surface area contributed by atoms with Crippen molar-refractivity contribution in [3.63, 3.8) is 0 Å². The van der Waals surface area contributed by atoms with E-state index in [-0.39, 0.29) is 5.91 Å². The highest BCUT2D eigenvalue weighted by Crippen LogP contribution is 2.36. The maximum absolute atomic E-state index is 11.8. The van der Waals surface area contributed by atoms with E-state index in [1.165, 1.54) is 0 Å². The highest BCUT2D eigenvalue weighted by atomic mass is 16.1. The van der Waals surface area contributed by atoms with Gasteiger partial charge in [0.05, 0.1) is 6.04 Å². The van der Waals surface area contributed by atoms with Crippen LogP contribution in [-0.2, 0) is 4.79 Å². The first-order chi connectivity index (χ1) is 10.3. The molecule has 0 radical (unpaired) electrons. The average Bonchev–Trinajstić information content (AvgIpc) is 3.22. The van der Waals surface area contributed by atoms with Crippen LogP contribution in [-0.4, -0.2) is 26.1 Å². The molecule has 110 valence electrons. The van der Waals surface area contributed by atoms with Gasteiger partial charge in [-0.05, 0) is 41.8 Å². The maximum Gasteiger partial charge on any atom is 0.224 e. The van der Waals surface area contributed by atoms with Crippen LogP contribution in [0.2, 0.25) is 0 Å². The highest BCUT2D eigenvalue weighted by molar-refractivity contribution is 5.91. The van der Waals surface area contributed by atoms with E-state index < -0.39 is 0 Å². The average molecular weight is 285 g/mol. The van der Waals surface area contributed by atoms with Crippen LogP contribution in [0.5, 0.6) is 0 Å². The lowest BCUT2D eigenvalue weighted by atomic mass is 10.1. The second-order valence-corrected chi connectivity index (χ2v) is 5.41. The van der Waals surface area contributed by atoms with Crippen LogP contribution >= 0.6 is 0 Å². The minimum absolute atomic E-state index is 0.0517. The number of aromatic nitrogens is 4. The first-order valence-corrected chi connectivity index (χ1v) is 7.46. The molecule has 1 N–H and O–H groups in total. The van der Waals surface area contributed by atoms with Gasteiger partial charge in [0.2, 0.25) is 5.91 Å². The summed E-state index contributed by atoms with van der Waals surface area (Å²) in [5.41, 5.74) is 1.72. The summed E-state index contributed by atoms with van der Waals surface area (Å²) >= 11 is 0. The zero-order chi connectivity index (χ0) is 14.7. The fourth-order valence-electron chi connectivity index (χ4n) is 2.25. The van der Waals surface area contributed by atoms with Crippen molar-refractivity contribution in [1.82, 2.24) is 20.2 Å². The highest BCUT2D eigenvalue weighted by Gasteiger charge is 2.28. The molecular weight excluding hydrogens is 266 g/mol. The first kappa shape index (κ1) is 13.7. The summed E-state index contributed by atoms with van der Waals surface area (Å²) in [6.07, 6.45) is 4.74. The molecule has 1 saturated carbocycles. The minimum atomic E-state index is 0.0517. The predicted molar refractivity (Wildman–Crippen MR) is 79.7 cm³/mol. The molecule has 0 unspecified atom stereocenters. The topological polar surface area (TPSA) is 72.7 Å². The number of carbonyl (C=O) groups excluding carboxylic acids is 1. The third-order valence-corrected chi connectivity index (χ3v) is 3.55. The number of amides is 1. The molecule has 0 spiro atoms. The van der Waals surface area contributed by atoms with Crippen LogP contribution in [0.1, 0.15) is 45.1 Å². The summed E-state index contributed by atoms with van der Waals surface area (Å²) in [6.45, 7) is 2.08. The van der Waals surface area contributed by atoms with Crippen LogP contribution in [0.3, 0.4) is 0 Å². The van der Waals surface area contributed by atoms with Crippen LogP contribution in [0, 0.1) is 0 Å². The number of hydrogen-bond donors (Lipinski definition) is 1. The van der Waals surface area contributed by atoms with E-state index in [9.17, 15) is 4.79 Å². The molecule has 1 amide bonds. The van der Waals surface area contributed by atoms with Gasteiger partial charge < -0.3 is 5.32 Å². The lowest BCUT2D eigenvalue weighted by Crippen LogP contribution is -2.11. The van der Waals surface area contributed by atoms with Crippen molar-refractivity contribution in [1.29, 1.82) is 0 Å². The standard InChI is InChI=1S/C15H19N5O/c1-2-3-7-14(21)16-12-6-4-5-11(10-12)15-17-18-19-20(15)13-8-9-13/h4-6,10,13H,2-3,7-9H2,1H3,(H,16,21). The van der Waals surface area contributed by atoms with Gasteiger partial charge in [-0.3, -0.25) is 4.79 Å². The molecule has 21 heavy (non-hydrogen) atoms. The number of anilines is 1. The molecule has 0 bridgehead atoms. The minimum Gasteiger partial charge on any atom is -0.326 e. The molecule has 0 aliphatic heterocycles. The molecule has 1 heterocycles. The molecule has 6 nitrogen and oxygen atoms in total. The third-order valence-electron chi connectivity index (χ3n) is 3.55. The van der Waals surface area contributed by atoms with Gasteiger partial charge in [0.25, 0.3) is 0 Å². The van der Waals surface area contributed by atoms with E-state index in [0.29, 0.717) is 12.5 Å². The van der Waals surface area contributed by atoms with Gasteiger partial charge in [0.1, 0.15) is 0 Å². The molecule has 1 fully saturated rings. The number of rotatable bonds is 6. The van der Waals surface area contributed by atoms with Gasteiger partial charge in [-0.15, -0.1) is 5.10 Å². The third kappa shape index (κ3) is 3.26. The van der Waals surface area contributed by atoms with E-state index >= 15 is 0 Å². The summed E-state index contributed by atoms with van der Waals surface area (Å²) in [6, 6.07) is 8.12. The quantitative estimate of drug-likeness (QED) is 0.885. The van der Waals surface area contributed by atoms with Crippen molar-refractivity contribution in [2.75, 3.05) is 5.32 Å². The van der Waals surface area contributed by atoms with Crippen LogP contribution in [0.25, 0.3) is 11.4 Å². The van der Waals surface area contributed by atoms with Crippen molar-refractivity contribution in [3.05, 3.63) is 24.3 Å². The Morgan fingerprint density at radius 2 is 2.29 bits per heavy atom. The second-order valence-electron chi connectivity index (χ2n) is 5.41. The fraction of sp³-hybridized carbons (Fsp3) is 0.467. The summed E-state index contributed by atoms with van der Waals surface area (Å²) in [7, 11) is 0. The van der Waals surface area contributed by atoms with Crippen molar-refractivity contribution in [2.45, 2.75) is 45.1 Å². The van der Waals surface area contributed by atoms with Crippen LogP contribution < -0.4 is 5.32 Å². The largest absolute Gasteiger partial charge is 0.326 e. The molecular formula is C15H19N5O. The summed E-state index contributed by atoms with van der Waals surface area (Å²) in [4.78, 5) is 11.8. The van der Waals surface area contributed by atoms with Gasteiger partial charge in [-0.2, -0.15) is 0 Å². The number of unbranched alkanes of at least 4 members (excludes halogenated alkanes) is 1. The fourth-order valence-corrected chi connectivity index (χ4v) is 2.25. The van der Waals surface area contributed by atoms with E-state index in [1.54, 1.807) is 0 Å². The maximum atomic E-state index is 11.8. The Balaban J connectivity index is 1.76. The molecule has 2 aromatic rings. The van der Waals surface area contributed by atoms with Gasteiger partial charge in [0, 0.05) is 17.7 Å². The van der Waals surface area contributed by atoms with Crippen molar-refractivity contribution in [3.8, 4) is 11.4 Å². The molecule has 1 aliphatic rings. The number of nitrogens with zero attached hydrogens (tertiary/aromatic N) is 4. The number of carbonyl (C=O) groups is 1. The monoisotopic (exact) mass is 285 g/mol. The zero-order valence-electron chi connectivity index (χ0n) is 12.1. The Morgan fingerprint density at radius 1 is 1.43 bits per heavy atom. The van der Waals surface area contributed by atoms with Crippen LogP contribution in [0.15, 0.2) is 24.3 Å². The number of hydrogen-bond acceptors (Lipinski definition) is 4. The second kappa shape index (κ2) is 6.03. The molecule has 6 heteroatoms. The smallest absolute Gasteiger partial charge is 0.224 e. The van der Waals surface area contributed by atoms with E-state index in [1.807, 2.05) is 28.9 Å². The normalized spacial score (nSPS) is 14.1. The Bertz CT molecular complexity index is 632. The summed E-state index contributed by atoms with van der Waals surface area (Å²) < 4.78 is 1.87. The lowest BCUT2D eigenvalue weighted by Gasteiger charge is -2.07. The van der Waals surface area contributed by atoms with Crippen LogP contribution in [0.4, 0.5) is 5.69 Å². The van der Waals surface area contributed by atoms with Crippen molar-refractivity contribution < 1.29 is 4.79 Å². The van der Waals surface area contributed by atoms with Gasteiger partial charge in [-0.25, -0.2) is 4.68 Å². The number of tetrazole rings is 1. The lowest BCUT2D eigenvalue weighted by molar-refractivity contribution is -0.116. The van der Waals surface area contributed by atoms with E-state index in [0.717, 1.165) is 42.8 Å². The first-order valence-electron chi connectivity index (χ1n) is 7.46. The Labute approximate surface area is 123 Å².